The van der Waals surface area contributed by atoms with Crippen molar-refractivity contribution in [2.75, 3.05) is 12.3 Å². The Balaban J connectivity index is 1.60. The second kappa shape index (κ2) is 11.7. The van der Waals surface area contributed by atoms with E-state index in [1.54, 1.807) is 61.7 Å². The number of nitrogens with one attached hydrogen (secondary N) is 2. The first-order valence-electron chi connectivity index (χ1n) is 14.0. The standard InChI is InChI=1S/C33H36ClN3O4S/c1-31(2,3)41-30(40)35-26(24-18-12-7-13-19-24)27(38)36-33(28(39)37-20-32(4,34)21-42-29(33)37)25(22-14-8-5-9-15-22)23-16-10-6-11-17-23/h5-19,25-26,29H,20-21H2,1-4H3,(H,35,40)(H,36,38)/t26?,29-,32-,33+/m0/s1. The minimum atomic E-state index is -1.33. The smallest absolute Gasteiger partial charge is 0.408 e. The number of benzene rings is 3. The number of halogens is 1. The Morgan fingerprint density at radius 3 is 1.93 bits per heavy atom. The van der Waals surface area contributed by atoms with Crippen molar-refractivity contribution in [2.24, 2.45) is 0 Å². The summed E-state index contributed by atoms with van der Waals surface area (Å²) in [5.74, 6) is -0.601. The van der Waals surface area contributed by atoms with Gasteiger partial charge in [0.05, 0.1) is 4.87 Å². The lowest BCUT2D eigenvalue weighted by Crippen LogP contribution is -2.83. The summed E-state index contributed by atoms with van der Waals surface area (Å²) in [5, 5.41) is 5.59. The summed E-state index contributed by atoms with van der Waals surface area (Å²) in [6, 6.07) is 27.4. The molecule has 0 radical (unpaired) electrons. The number of ether oxygens (including phenoxy) is 1. The number of hydrogen-bond donors (Lipinski definition) is 2. The summed E-state index contributed by atoms with van der Waals surface area (Å²) in [7, 11) is 0. The van der Waals surface area contributed by atoms with Crippen molar-refractivity contribution in [1.82, 2.24) is 15.5 Å². The maximum atomic E-state index is 14.4. The lowest BCUT2D eigenvalue weighted by molar-refractivity contribution is -0.161. The zero-order valence-corrected chi connectivity index (χ0v) is 25.7. The van der Waals surface area contributed by atoms with E-state index in [0.717, 1.165) is 11.1 Å². The predicted octanol–water partition coefficient (Wildman–Crippen LogP) is 5.85. The molecule has 42 heavy (non-hydrogen) atoms. The van der Waals surface area contributed by atoms with E-state index in [2.05, 4.69) is 10.6 Å². The minimum absolute atomic E-state index is 0.207. The molecule has 7 nitrogen and oxygen atoms in total. The Morgan fingerprint density at radius 2 is 1.43 bits per heavy atom. The summed E-state index contributed by atoms with van der Waals surface area (Å²) < 4.78 is 5.50. The van der Waals surface area contributed by atoms with Crippen molar-refractivity contribution in [2.45, 2.75) is 61.0 Å². The van der Waals surface area contributed by atoms with Gasteiger partial charge in [0.25, 0.3) is 5.91 Å². The Hall–Kier alpha value is -3.49. The average molecular weight is 606 g/mol. The number of alkyl carbamates (subject to hydrolysis) is 1. The molecule has 2 aliphatic heterocycles. The number of amides is 3. The van der Waals surface area contributed by atoms with Crippen molar-refractivity contribution >= 4 is 41.3 Å². The van der Waals surface area contributed by atoms with E-state index in [9.17, 15) is 14.4 Å². The van der Waals surface area contributed by atoms with Gasteiger partial charge in [0.15, 0.2) is 5.54 Å². The first-order valence-corrected chi connectivity index (χ1v) is 15.4. The number of rotatable bonds is 7. The molecule has 0 bridgehead atoms. The number of thioether (sulfide) groups is 1. The van der Waals surface area contributed by atoms with Gasteiger partial charge in [-0.25, -0.2) is 4.79 Å². The first kappa shape index (κ1) is 30.0. The van der Waals surface area contributed by atoms with E-state index >= 15 is 0 Å². The van der Waals surface area contributed by atoms with Gasteiger partial charge in [0, 0.05) is 18.2 Å². The molecule has 2 saturated heterocycles. The fraction of sp³-hybridized carbons (Fsp3) is 0.364. The van der Waals surface area contributed by atoms with Gasteiger partial charge in [-0.1, -0.05) is 91.0 Å². The van der Waals surface area contributed by atoms with E-state index in [-0.39, 0.29) is 11.3 Å². The highest BCUT2D eigenvalue weighted by atomic mass is 35.5. The number of fused-ring (bicyclic) bond motifs is 1. The Kier molecular flexibility index (Phi) is 8.32. The molecule has 2 N–H and O–H groups in total. The third kappa shape index (κ3) is 6.01. The third-order valence-corrected chi connectivity index (χ3v) is 9.59. The number of carbonyl (C=O) groups is 3. The topological polar surface area (TPSA) is 87.7 Å². The summed E-state index contributed by atoms with van der Waals surface area (Å²) in [6.07, 6.45) is -0.727. The summed E-state index contributed by atoms with van der Waals surface area (Å²) in [5.41, 5.74) is 0.272. The van der Waals surface area contributed by atoms with Crippen molar-refractivity contribution in [1.29, 1.82) is 0 Å². The fourth-order valence-corrected chi connectivity index (χ4v) is 7.59. The van der Waals surface area contributed by atoms with Crippen molar-refractivity contribution in [3.8, 4) is 0 Å². The zero-order chi connectivity index (χ0) is 30.1. The third-order valence-electron chi connectivity index (χ3n) is 7.44. The molecule has 3 amide bonds. The summed E-state index contributed by atoms with van der Waals surface area (Å²) in [6.45, 7) is 7.57. The van der Waals surface area contributed by atoms with E-state index in [1.807, 2.05) is 73.7 Å². The predicted molar refractivity (Wildman–Crippen MR) is 166 cm³/mol. The van der Waals surface area contributed by atoms with Gasteiger partial charge in [-0.2, -0.15) is 0 Å². The van der Waals surface area contributed by atoms with Crippen molar-refractivity contribution in [3.05, 3.63) is 108 Å². The molecule has 1 unspecified atom stereocenters. The zero-order valence-electron chi connectivity index (χ0n) is 24.2. The average Bonchev–Trinajstić information content (AvgIpc) is 2.95. The Morgan fingerprint density at radius 1 is 0.929 bits per heavy atom. The molecule has 5 rings (SSSR count). The number of alkyl halides is 1. The van der Waals surface area contributed by atoms with Crippen LogP contribution in [0.25, 0.3) is 0 Å². The van der Waals surface area contributed by atoms with Gasteiger partial charge >= 0.3 is 6.09 Å². The Bertz CT molecular complexity index is 1390. The number of β-lactam (4-membered cyclic amide) rings is 1. The van der Waals surface area contributed by atoms with Gasteiger partial charge in [0.1, 0.15) is 17.0 Å². The molecule has 2 heterocycles. The van der Waals surface area contributed by atoms with Crippen LogP contribution >= 0.6 is 23.4 Å². The van der Waals surface area contributed by atoms with Gasteiger partial charge in [-0.05, 0) is 44.4 Å². The van der Waals surface area contributed by atoms with Gasteiger partial charge in [-0.3, -0.25) is 9.59 Å². The van der Waals surface area contributed by atoms with Crippen molar-refractivity contribution in [3.63, 3.8) is 0 Å². The van der Waals surface area contributed by atoms with Crippen LogP contribution in [0, 0.1) is 0 Å². The van der Waals surface area contributed by atoms with Crippen LogP contribution in [0.2, 0.25) is 0 Å². The van der Waals surface area contributed by atoms with Gasteiger partial charge < -0.3 is 20.3 Å². The highest BCUT2D eigenvalue weighted by Gasteiger charge is 2.68. The van der Waals surface area contributed by atoms with Crippen LogP contribution in [0.4, 0.5) is 4.79 Å². The molecule has 4 atom stereocenters. The summed E-state index contributed by atoms with van der Waals surface area (Å²) >= 11 is 8.29. The molecule has 0 spiro atoms. The van der Waals surface area contributed by atoms with E-state index in [1.165, 1.54) is 0 Å². The van der Waals surface area contributed by atoms with Crippen LogP contribution in [0.3, 0.4) is 0 Å². The molecule has 3 aromatic rings. The molecule has 9 heteroatoms. The molecular weight excluding hydrogens is 570 g/mol. The van der Waals surface area contributed by atoms with Crippen LogP contribution in [0.5, 0.6) is 0 Å². The normalized spacial score (nSPS) is 24.3. The van der Waals surface area contributed by atoms with Crippen LogP contribution in [0.1, 0.15) is 56.3 Å². The quantitative estimate of drug-likeness (QED) is 0.260. The number of carbonyl (C=O) groups excluding carboxylic acids is 3. The molecule has 0 saturated carbocycles. The lowest BCUT2D eigenvalue weighted by atomic mass is 9.68. The van der Waals surface area contributed by atoms with Crippen molar-refractivity contribution < 1.29 is 19.1 Å². The SMILES string of the molecule is CC(C)(C)OC(=O)NC(C(=O)N[C@]1(C(c2ccccc2)c2ccccc2)C(=O)N2C[C@](C)(Cl)CS[C@H]21)c1ccccc1. The minimum Gasteiger partial charge on any atom is -0.444 e. The molecule has 2 aliphatic rings. The van der Waals surface area contributed by atoms with Crippen LogP contribution < -0.4 is 10.6 Å². The maximum Gasteiger partial charge on any atom is 0.408 e. The molecular formula is C33H36ClN3O4S. The number of hydrogen-bond acceptors (Lipinski definition) is 5. The monoisotopic (exact) mass is 605 g/mol. The van der Waals surface area contributed by atoms with Gasteiger partial charge in [0.2, 0.25) is 5.91 Å². The fourth-order valence-electron chi connectivity index (χ4n) is 5.77. The second-order valence-electron chi connectivity index (χ2n) is 12.1. The molecule has 220 valence electrons. The molecule has 0 aromatic heterocycles. The summed E-state index contributed by atoms with van der Waals surface area (Å²) in [4.78, 5) is 42.9. The van der Waals surface area contributed by atoms with Crippen LogP contribution in [0.15, 0.2) is 91.0 Å². The molecule has 2 fully saturated rings. The van der Waals surface area contributed by atoms with E-state index in [0.29, 0.717) is 17.9 Å². The highest BCUT2D eigenvalue weighted by Crippen LogP contribution is 2.53. The van der Waals surface area contributed by atoms with Crippen LogP contribution in [-0.2, 0) is 14.3 Å². The number of nitrogens with zero attached hydrogens (tertiary/aromatic N) is 1. The van der Waals surface area contributed by atoms with E-state index < -0.39 is 40.0 Å². The maximum absolute atomic E-state index is 14.4. The Labute approximate surface area is 256 Å². The largest absolute Gasteiger partial charge is 0.444 e. The molecule has 0 aliphatic carbocycles. The van der Waals surface area contributed by atoms with Gasteiger partial charge in [-0.15, -0.1) is 23.4 Å². The van der Waals surface area contributed by atoms with E-state index in [4.69, 9.17) is 16.3 Å². The second-order valence-corrected chi connectivity index (χ2v) is 14.1. The highest BCUT2D eigenvalue weighted by molar-refractivity contribution is 8.00. The molecule has 3 aromatic carbocycles. The first-order chi connectivity index (χ1) is 19.9. The lowest BCUT2D eigenvalue weighted by Gasteiger charge is -2.62. The van der Waals surface area contributed by atoms with Crippen LogP contribution in [-0.4, -0.2) is 56.5 Å².